The normalized spacial score (nSPS) is 25.1. The third kappa shape index (κ3) is 1.77. The monoisotopic (exact) mass is 290 g/mol. The molecule has 3 rings (SSSR count). The van der Waals surface area contributed by atoms with Gasteiger partial charge in [0.25, 0.3) is 23.5 Å². The first-order chi connectivity index (χ1) is 9.84. The first-order valence-corrected chi connectivity index (χ1v) is 6.37. The van der Waals surface area contributed by atoms with E-state index in [2.05, 4.69) is 0 Å². The zero-order valence-electron chi connectivity index (χ0n) is 11.1. The fraction of sp³-hybridized carbons (Fsp3) is 0.286. The van der Waals surface area contributed by atoms with Crippen molar-refractivity contribution < 1.29 is 23.6 Å². The van der Waals surface area contributed by atoms with Gasteiger partial charge in [0.05, 0.1) is 11.1 Å². The molecule has 7 heteroatoms. The van der Waals surface area contributed by atoms with Crippen LogP contribution in [0.3, 0.4) is 0 Å². The lowest BCUT2D eigenvalue weighted by atomic mass is 10.0. The molecule has 1 aromatic rings. The van der Waals surface area contributed by atoms with Crippen molar-refractivity contribution in [3.63, 3.8) is 0 Å². The van der Waals surface area contributed by atoms with Crippen molar-refractivity contribution in [1.82, 2.24) is 10.2 Å². The van der Waals surface area contributed by atoms with Crippen LogP contribution in [-0.4, -0.2) is 34.3 Å². The van der Waals surface area contributed by atoms with Crippen LogP contribution < -0.4 is 5.32 Å². The topological polar surface area (TPSA) is 83.6 Å². The van der Waals surface area contributed by atoms with Gasteiger partial charge in [-0.25, -0.2) is 9.29 Å². The molecule has 4 amide bonds. The van der Waals surface area contributed by atoms with Gasteiger partial charge in [-0.1, -0.05) is 11.6 Å². The van der Waals surface area contributed by atoms with Crippen LogP contribution >= 0.6 is 0 Å². The smallest absolute Gasteiger partial charge is 0.285 e. The van der Waals surface area contributed by atoms with Crippen LogP contribution in [0, 0.1) is 6.92 Å². The number of alkyl halides is 1. The van der Waals surface area contributed by atoms with Gasteiger partial charge >= 0.3 is 0 Å². The molecule has 0 aromatic heterocycles. The number of aryl methyl sites for hydroxylation is 1. The molecule has 0 aliphatic carbocycles. The van der Waals surface area contributed by atoms with Gasteiger partial charge in [-0.05, 0) is 19.1 Å². The van der Waals surface area contributed by atoms with Crippen LogP contribution in [0.1, 0.15) is 39.1 Å². The lowest BCUT2D eigenvalue weighted by molar-refractivity contribution is -0.151. The Morgan fingerprint density at radius 2 is 1.81 bits per heavy atom. The molecule has 6 nitrogen and oxygen atoms in total. The van der Waals surface area contributed by atoms with E-state index in [-0.39, 0.29) is 17.5 Å². The van der Waals surface area contributed by atoms with Crippen LogP contribution in [0.2, 0.25) is 0 Å². The molecule has 2 aliphatic heterocycles. The second-order valence-electron chi connectivity index (χ2n) is 5.13. The van der Waals surface area contributed by atoms with Crippen molar-refractivity contribution in [2.45, 2.75) is 25.6 Å². The number of rotatable bonds is 1. The Morgan fingerprint density at radius 1 is 1.14 bits per heavy atom. The maximum Gasteiger partial charge on any atom is 0.285 e. The molecule has 1 aromatic carbocycles. The molecule has 0 spiro atoms. The Kier molecular flexibility index (Phi) is 2.69. The summed E-state index contributed by atoms with van der Waals surface area (Å²) < 4.78 is 14.9. The largest absolute Gasteiger partial charge is 0.292 e. The highest BCUT2D eigenvalue weighted by atomic mass is 19.1. The van der Waals surface area contributed by atoms with E-state index in [1.807, 2.05) is 5.32 Å². The molecule has 1 atom stereocenters. The number of fused-ring (bicyclic) bond motifs is 1. The third-order valence-corrected chi connectivity index (χ3v) is 3.68. The van der Waals surface area contributed by atoms with Crippen molar-refractivity contribution in [2.75, 3.05) is 0 Å². The Morgan fingerprint density at radius 3 is 2.48 bits per heavy atom. The SMILES string of the molecule is Cc1ccc2c(c1)C(=O)N(C1(F)CCC(=O)NC1=O)C2=O. The summed E-state index contributed by atoms with van der Waals surface area (Å²) >= 11 is 0. The maximum atomic E-state index is 14.9. The zero-order chi connectivity index (χ0) is 15.4. The molecule has 21 heavy (non-hydrogen) atoms. The van der Waals surface area contributed by atoms with Crippen molar-refractivity contribution in [3.8, 4) is 0 Å². The van der Waals surface area contributed by atoms with E-state index in [0.717, 1.165) is 5.56 Å². The van der Waals surface area contributed by atoms with Gasteiger partial charge in [0.15, 0.2) is 0 Å². The van der Waals surface area contributed by atoms with Crippen molar-refractivity contribution in [2.24, 2.45) is 0 Å². The second kappa shape index (κ2) is 4.21. The number of nitrogens with zero attached hydrogens (tertiary/aromatic N) is 1. The summed E-state index contributed by atoms with van der Waals surface area (Å²) in [5.41, 5.74) is 0.877. The minimum Gasteiger partial charge on any atom is -0.292 e. The lowest BCUT2D eigenvalue weighted by Gasteiger charge is -2.33. The number of nitrogens with one attached hydrogen (secondary N) is 1. The summed E-state index contributed by atoms with van der Waals surface area (Å²) in [5, 5.41) is 1.83. The highest BCUT2D eigenvalue weighted by Gasteiger charge is 2.56. The van der Waals surface area contributed by atoms with E-state index in [1.165, 1.54) is 12.1 Å². The minimum atomic E-state index is -2.82. The number of hydrogen-bond donors (Lipinski definition) is 1. The van der Waals surface area contributed by atoms with Gasteiger partial charge < -0.3 is 0 Å². The van der Waals surface area contributed by atoms with E-state index >= 15 is 0 Å². The predicted molar refractivity (Wildman–Crippen MR) is 67.9 cm³/mol. The van der Waals surface area contributed by atoms with E-state index in [0.29, 0.717) is 4.90 Å². The van der Waals surface area contributed by atoms with E-state index in [9.17, 15) is 23.6 Å². The van der Waals surface area contributed by atoms with Gasteiger partial charge in [-0.15, -0.1) is 0 Å². The predicted octanol–water partition coefficient (Wildman–Crippen LogP) is 0.693. The van der Waals surface area contributed by atoms with E-state index in [1.54, 1.807) is 13.0 Å². The number of hydrogen-bond acceptors (Lipinski definition) is 4. The Bertz CT molecular complexity index is 715. The number of carbonyl (C=O) groups is 4. The Hall–Kier alpha value is -2.57. The fourth-order valence-electron chi connectivity index (χ4n) is 2.57. The number of amides is 4. The summed E-state index contributed by atoms with van der Waals surface area (Å²) in [6.45, 7) is 1.73. The highest BCUT2D eigenvalue weighted by molar-refractivity contribution is 6.24. The number of piperidine rings is 1. The van der Waals surface area contributed by atoms with Crippen molar-refractivity contribution in [1.29, 1.82) is 0 Å². The maximum absolute atomic E-state index is 14.9. The summed E-state index contributed by atoms with van der Waals surface area (Å²) in [6.07, 6.45) is -0.795. The molecule has 0 bridgehead atoms. The third-order valence-electron chi connectivity index (χ3n) is 3.68. The minimum absolute atomic E-state index is 0.0623. The molecule has 0 saturated carbocycles. The Labute approximate surface area is 118 Å². The average molecular weight is 290 g/mol. The summed E-state index contributed by atoms with van der Waals surface area (Å²) in [4.78, 5) is 47.7. The summed E-state index contributed by atoms with van der Waals surface area (Å²) in [6, 6.07) is 4.54. The van der Waals surface area contributed by atoms with Crippen molar-refractivity contribution >= 4 is 23.6 Å². The molecule has 0 radical (unpaired) electrons. The van der Waals surface area contributed by atoms with Crippen LogP contribution in [0.15, 0.2) is 18.2 Å². The molecular weight excluding hydrogens is 279 g/mol. The molecule has 2 aliphatic rings. The second-order valence-corrected chi connectivity index (χ2v) is 5.13. The molecule has 2 heterocycles. The number of halogens is 1. The lowest BCUT2D eigenvalue weighted by Crippen LogP contribution is -2.61. The van der Waals surface area contributed by atoms with E-state index < -0.39 is 35.8 Å². The summed E-state index contributed by atoms with van der Waals surface area (Å²) in [7, 11) is 0. The zero-order valence-corrected chi connectivity index (χ0v) is 11.1. The highest BCUT2D eigenvalue weighted by Crippen LogP contribution is 2.35. The Balaban J connectivity index is 2.05. The molecule has 108 valence electrons. The number of imide groups is 2. The van der Waals surface area contributed by atoms with Gasteiger partial charge in [0.2, 0.25) is 5.91 Å². The van der Waals surface area contributed by atoms with E-state index in [4.69, 9.17) is 0 Å². The van der Waals surface area contributed by atoms with Crippen LogP contribution in [0.5, 0.6) is 0 Å². The number of benzene rings is 1. The van der Waals surface area contributed by atoms with Gasteiger partial charge in [0, 0.05) is 12.8 Å². The average Bonchev–Trinajstić information content (AvgIpc) is 2.67. The summed E-state index contributed by atoms with van der Waals surface area (Å²) in [5.74, 6) is -6.44. The molecule has 1 saturated heterocycles. The van der Waals surface area contributed by atoms with Gasteiger partial charge in [-0.3, -0.25) is 24.5 Å². The first-order valence-electron chi connectivity index (χ1n) is 6.37. The van der Waals surface area contributed by atoms with Gasteiger partial charge in [0.1, 0.15) is 0 Å². The van der Waals surface area contributed by atoms with Crippen LogP contribution in [-0.2, 0) is 9.59 Å². The molecule has 1 unspecified atom stereocenters. The quantitative estimate of drug-likeness (QED) is 0.609. The fourth-order valence-corrected chi connectivity index (χ4v) is 2.57. The first kappa shape index (κ1) is 13.4. The molecular formula is C14H11FN2O4. The van der Waals surface area contributed by atoms with Gasteiger partial charge in [-0.2, -0.15) is 0 Å². The van der Waals surface area contributed by atoms with Crippen molar-refractivity contribution in [3.05, 3.63) is 34.9 Å². The van der Waals surface area contributed by atoms with Crippen LogP contribution in [0.25, 0.3) is 0 Å². The molecule has 1 fully saturated rings. The molecule has 1 N–H and O–H groups in total. The van der Waals surface area contributed by atoms with Crippen LogP contribution in [0.4, 0.5) is 4.39 Å². The standard InChI is InChI=1S/C14H11FN2O4/c1-7-2-3-8-9(6-7)12(20)17(11(8)19)14(15)5-4-10(18)16-13(14)21/h2-3,6H,4-5H2,1H3,(H,16,18,21). The number of carbonyl (C=O) groups excluding carboxylic acids is 4.